The molecular formula is C18H30N2O2S. The molecule has 1 saturated heterocycles. The fraction of sp³-hybridized carbons (Fsp3) is 0.722. The molecule has 0 aliphatic carbocycles. The minimum Gasteiger partial charge on any atom is -0.396 e. The number of nitrogens with one attached hydrogen (secondary N) is 1. The minimum atomic E-state index is -0.127. The van der Waals surface area contributed by atoms with Gasteiger partial charge in [-0.05, 0) is 49.5 Å². The van der Waals surface area contributed by atoms with E-state index in [0.717, 1.165) is 32.4 Å². The lowest BCUT2D eigenvalue weighted by Gasteiger charge is -2.35. The second-order valence-electron chi connectivity index (χ2n) is 7.04. The van der Waals surface area contributed by atoms with Gasteiger partial charge in [-0.1, -0.05) is 19.9 Å². The lowest BCUT2D eigenvalue weighted by Crippen LogP contribution is -2.50. The van der Waals surface area contributed by atoms with Gasteiger partial charge in [-0.3, -0.25) is 10.1 Å². The SMILES string of the molecule is CC(C)CC(NC(C)c1cccs1)C(=O)N1CCC(CO)CC1. The molecule has 130 valence electrons. The van der Waals surface area contributed by atoms with Crippen molar-refractivity contribution < 1.29 is 9.90 Å². The van der Waals surface area contributed by atoms with Crippen LogP contribution in [0.2, 0.25) is 0 Å². The number of rotatable bonds is 7. The maximum Gasteiger partial charge on any atom is 0.239 e. The summed E-state index contributed by atoms with van der Waals surface area (Å²) >= 11 is 1.73. The number of hydrogen-bond donors (Lipinski definition) is 2. The lowest BCUT2D eigenvalue weighted by atomic mass is 9.96. The van der Waals surface area contributed by atoms with Gasteiger partial charge in [0.2, 0.25) is 5.91 Å². The Morgan fingerprint density at radius 2 is 2.09 bits per heavy atom. The summed E-state index contributed by atoms with van der Waals surface area (Å²) in [6.07, 6.45) is 2.68. The molecule has 0 saturated carbocycles. The van der Waals surface area contributed by atoms with Crippen molar-refractivity contribution in [2.24, 2.45) is 11.8 Å². The van der Waals surface area contributed by atoms with Crippen LogP contribution in [0.5, 0.6) is 0 Å². The van der Waals surface area contributed by atoms with E-state index < -0.39 is 0 Å². The molecule has 1 amide bonds. The van der Waals surface area contributed by atoms with Gasteiger partial charge < -0.3 is 10.0 Å². The van der Waals surface area contributed by atoms with Gasteiger partial charge in [0.05, 0.1) is 6.04 Å². The van der Waals surface area contributed by atoms with E-state index in [0.29, 0.717) is 11.8 Å². The van der Waals surface area contributed by atoms with Gasteiger partial charge in [-0.15, -0.1) is 11.3 Å². The number of likely N-dealkylation sites (tertiary alicyclic amines) is 1. The van der Waals surface area contributed by atoms with Crippen molar-refractivity contribution in [2.75, 3.05) is 19.7 Å². The zero-order valence-corrected chi connectivity index (χ0v) is 15.3. The Morgan fingerprint density at radius 3 is 2.61 bits per heavy atom. The number of aliphatic hydroxyl groups excluding tert-OH is 1. The lowest BCUT2D eigenvalue weighted by molar-refractivity contribution is -0.135. The molecule has 0 aromatic carbocycles. The molecule has 0 spiro atoms. The number of piperidine rings is 1. The molecule has 1 fully saturated rings. The van der Waals surface area contributed by atoms with Gasteiger partial charge in [-0.2, -0.15) is 0 Å². The topological polar surface area (TPSA) is 52.6 Å². The molecule has 23 heavy (non-hydrogen) atoms. The van der Waals surface area contributed by atoms with Crippen molar-refractivity contribution in [3.8, 4) is 0 Å². The maximum atomic E-state index is 12.9. The standard InChI is InChI=1S/C18H30N2O2S/c1-13(2)11-16(19-14(3)17-5-4-10-23-17)18(22)20-8-6-15(12-21)7-9-20/h4-5,10,13-16,19,21H,6-9,11-12H2,1-3H3. The highest BCUT2D eigenvalue weighted by Crippen LogP contribution is 2.22. The number of nitrogens with zero attached hydrogens (tertiary/aromatic N) is 1. The number of carbonyl (C=O) groups excluding carboxylic acids is 1. The van der Waals surface area contributed by atoms with Crippen LogP contribution in [0.4, 0.5) is 0 Å². The van der Waals surface area contributed by atoms with Crippen molar-refractivity contribution in [1.82, 2.24) is 10.2 Å². The third-order valence-electron chi connectivity index (χ3n) is 4.61. The summed E-state index contributed by atoms with van der Waals surface area (Å²) in [5.41, 5.74) is 0. The van der Waals surface area contributed by atoms with E-state index in [4.69, 9.17) is 0 Å². The largest absolute Gasteiger partial charge is 0.396 e. The van der Waals surface area contributed by atoms with E-state index in [1.807, 2.05) is 4.90 Å². The van der Waals surface area contributed by atoms with Crippen LogP contribution in [0, 0.1) is 11.8 Å². The number of carbonyl (C=O) groups is 1. The third-order valence-corrected chi connectivity index (χ3v) is 5.67. The number of thiophene rings is 1. The van der Waals surface area contributed by atoms with Crippen molar-refractivity contribution in [2.45, 2.75) is 52.1 Å². The third kappa shape index (κ3) is 5.30. The van der Waals surface area contributed by atoms with Crippen LogP contribution >= 0.6 is 11.3 Å². The van der Waals surface area contributed by atoms with Crippen LogP contribution in [0.3, 0.4) is 0 Å². The zero-order valence-electron chi connectivity index (χ0n) is 14.5. The number of amides is 1. The summed E-state index contributed by atoms with van der Waals surface area (Å²) in [5, 5.41) is 14.9. The first-order chi connectivity index (χ1) is 11.0. The van der Waals surface area contributed by atoms with Crippen LogP contribution in [0.1, 0.15) is 51.0 Å². The summed E-state index contributed by atoms with van der Waals surface area (Å²) in [6.45, 7) is 8.24. The second-order valence-corrected chi connectivity index (χ2v) is 8.02. The predicted octanol–water partition coefficient (Wildman–Crippen LogP) is 3.04. The van der Waals surface area contributed by atoms with Gasteiger partial charge in [0.1, 0.15) is 0 Å². The summed E-state index contributed by atoms with van der Waals surface area (Å²) < 4.78 is 0. The second kappa shape index (κ2) is 8.81. The first-order valence-electron chi connectivity index (χ1n) is 8.70. The van der Waals surface area contributed by atoms with E-state index in [1.54, 1.807) is 11.3 Å². The molecule has 5 heteroatoms. The van der Waals surface area contributed by atoms with Gasteiger partial charge in [0, 0.05) is 30.6 Å². The van der Waals surface area contributed by atoms with Gasteiger partial charge in [-0.25, -0.2) is 0 Å². The van der Waals surface area contributed by atoms with E-state index in [1.165, 1.54) is 4.88 Å². The van der Waals surface area contributed by atoms with E-state index >= 15 is 0 Å². The van der Waals surface area contributed by atoms with Crippen LogP contribution in [-0.4, -0.2) is 41.7 Å². The zero-order chi connectivity index (χ0) is 16.8. The quantitative estimate of drug-likeness (QED) is 0.803. The first kappa shape index (κ1) is 18.4. The van der Waals surface area contributed by atoms with Crippen LogP contribution in [0.25, 0.3) is 0 Å². The highest BCUT2D eigenvalue weighted by molar-refractivity contribution is 7.10. The van der Waals surface area contributed by atoms with Gasteiger partial charge >= 0.3 is 0 Å². The first-order valence-corrected chi connectivity index (χ1v) is 9.58. The molecule has 1 aromatic rings. The Hall–Kier alpha value is -0.910. The molecule has 2 N–H and O–H groups in total. The van der Waals surface area contributed by atoms with E-state index in [9.17, 15) is 9.90 Å². The van der Waals surface area contributed by atoms with Crippen LogP contribution < -0.4 is 5.32 Å². The fourth-order valence-corrected chi connectivity index (χ4v) is 3.93. The summed E-state index contributed by atoms with van der Waals surface area (Å²) in [6, 6.07) is 4.23. The van der Waals surface area contributed by atoms with Crippen LogP contribution in [0.15, 0.2) is 17.5 Å². The normalized spacial score (nSPS) is 19.1. The average Bonchev–Trinajstić information content (AvgIpc) is 3.07. The number of aliphatic hydroxyl groups is 1. The molecule has 1 aliphatic rings. The van der Waals surface area contributed by atoms with Crippen molar-refractivity contribution >= 4 is 17.2 Å². The minimum absolute atomic E-state index is 0.127. The fourth-order valence-electron chi connectivity index (χ4n) is 3.19. The smallest absolute Gasteiger partial charge is 0.239 e. The Kier molecular flexibility index (Phi) is 7.06. The molecule has 1 aliphatic heterocycles. The van der Waals surface area contributed by atoms with Crippen molar-refractivity contribution in [3.63, 3.8) is 0 Å². The summed E-state index contributed by atoms with van der Waals surface area (Å²) in [7, 11) is 0. The molecule has 2 rings (SSSR count). The molecule has 2 heterocycles. The Labute approximate surface area is 143 Å². The van der Waals surface area contributed by atoms with Crippen molar-refractivity contribution in [1.29, 1.82) is 0 Å². The Morgan fingerprint density at radius 1 is 1.39 bits per heavy atom. The van der Waals surface area contributed by atoms with Gasteiger partial charge in [0.25, 0.3) is 0 Å². The molecule has 0 bridgehead atoms. The van der Waals surface area contributed by atoms with E-state index in [2.05, 4.69) is 43.6 Å². The molecule has 4 nitrogen and oxygen atoms in total. The highest BCUT2D eigenvalue weighted by Gasteiger charge is 2.29. The van der Waals surface area contributed by atoms with Gasteiger partial charge in [0.15, 0.2) is 0 Å². The summed E-state index contributed by atoms with van der Waals surface area (Å²) in [5.74, 6) is 1.06. The van der Waals surface area contributed by atoms with E-state index in [-0.39, 0.29) is 24.6 Å². The maximum absolute atomic E-state index is 12.9. The van der Waals surface area contributed by atoms with Crippen LogP contribution in [-0.2, 0) is 4.79 Å². The highest BCUT2D eigenvalue weighted by atomic mass is 32.1. The molecule has 1 aromatic heterocycles. The molecule has 2 unspecified atom stereocenters. The molecule has 0 radical (unpaired) electrons. The summed E-state index contributed by atoms with van der Waals surface area (Å²) in [4.78, 5) is 16.2. The molecular weight excluding hydrogens is 308 g/mol. The average molecular weight is 339 g/mol. The Bertz CT molecular complexity index is 467. The van der Waals surface area contributed by atoms with Crippen molar-refractivity contribution in [3.05, 3.63) is 22.4 Å². The Balaban J connectivity index is 1.98. The predicted molar refractivity (Wildman–Crippen MR) is 95.5 cm³/mol. The monoisotopic (exact) mass is 338 g/mol. The number of hydrogen-bond acceptors (Lipinski definition) is 4. The molecule has 2 atom stereocenters.